The average molecular weight is 323 g/mol. The van der Waals surface area contributed by atoms with Crippen LogP contribution in [0, 0.1) is 0 Å². The summed E-state index contributed by atoms with van der Waals surface area (Å²) in [5.41, 5.74) is 2.11. The zero-order valence-corrected chi connectivity index (χ0v) is 13.6. The lowest BCUT2D eigenvalue weighted by molar-refractivity contribution is -0.128. The van der Waals surface area contributed by atoms with Crippen LogP contribution in [0.1, 0.15) is 25.0 Å². The number of nitrogens with zero attached hydrogens (tertiary/aromatic N) is 3. The summed E-state index contributed by atoms with van der Waals surface area (Å²) in [6, 6.07) is 7.87. The van der Waals surface area contributed by atoms with Gasteiger partial charge in [-0.05, 0) is 43.5 Å². The van der Waals surface area contributed by atoms with Crippen LogP contribution in [0.15, 0.2) is 54.5 Å². The predicted octanol–water partition coefficient (Wildman–Crippen LogP) is 2.78. The Morgan fingerprint density at radius 3 is 3.00 bits per heavy atom. The Labute approximate surface area is 141 Å². The SMILES string of the molecule is O=C(C1=CCCC1)N1Cc2cccn2CC(Oc2cccnc2)C1. The number of hydrogen-bond acceptors (Lipinski definition) is 3. The number of rotatable bonds is 3. The topological polar surface area (TPSA) is 47.4 Å². The quantitative estimate of drug-likeness (QED) is 0.872. The first-order chi connectivity index (χ1) is 11.8. The van der Waals surface area contributed by atoms with E-state index in [-0.39, 0.29) is 12.0 Å². The molecule has 1 aliphatic carbocycles. The zero-order valence-electron chi connectivity index (χ0n) is 13.6. The van der Waals surface area contributed by atoms with Crippen LogP contribution in [0.4, 0.5) is 0 Å². The van der Waals surface area contributed by atoms with E-state index in [9.17, 15) is 4.79 Å². The molecule has 3 heterocycles. The lowest BCUT2D eigenvalue weighted by Crippen LogP contribution is -2.39. The number of carbonyl (C=O) groups is 1. The van der Waals surface area contributed by atoms with Crippen molar-refractivity contribution < 1.29 is 9.53 Å². The van der Waals surface area contributed by atoms with Crippen LogP contribution < -0.4 is 4.74 Å². The van der Waals surface area contributed by atoms with E-state index < -0.39 is 0 Å². The van der Waals surface area contributed by atoms with Gasteiger partial charge >= 0.3 is 0 Å². The second-order valence-electron chi connectivity index (χ2n) is 6.39. The molecule has 2 aromatic heterocycles. The molecule has 2 aromatic rings. The van der Waals surface area contributed by atoms with E-state index >= 15 is 0 Å². The first kappa shape index (κ1) is 15.0. The monoisotopic (exact) mass is 323 g/mol. The predicted molar refractivity (Wildman–Crippen MR) is 90.4 cm³/mol. The third-order valence-corrected chi connectivity index (χ3v) is 4.64. The third-order valence-electron chi connectivity index (χ3n) is 4.64. The second kappa shape index (κ2) is 6.51. The van der Waals surface area contributed by atoms with Crippen molar-refractivity contribution in [2.45, 2.75) is 38.5 Å². The number of carbonyl (C=O) groups excluding carboxylic acids is 1. The standard InChI is InChI=1S/C19H21N3O2/c23-19(15-5-1-2-6-15)22-12-16-7-4-10-21(16)13-18(14-22)24-17-8-3-9-20-11-17/h3-5,7-11,18H,1-2,6,12-14H2. The lowest BCUT2D eigenvalue weighted by atomic mass is 10.2. The second-order valence-corrected chi connectivity index (χ2v) is 6.39. The van der Waals surface area contributed by atoms with Crippen LogP contribution in [0.2, 0.25) is 0 Å². The summed E-state index contributed by atoms with van der Waals surface area (Å²) < 4.78 is 8.29. The Morgan fingerprint density at radius 2 is 2.21 bits per heavy atom. The van der Waals surface area contributed by atoms with Gasteiger partial charge in [-0.15, -0.1) is 0 Å². The molecule has 4 rings (SSSR count). The fourth-order valence-corrected chi connectivity index (χ4v) is 3.46. The van der Waals surface area contributed by atoms with Crippen molar-refractivity contribution in [3.63, 3.8) is 0 Å². The molecule has 2 aliphatic rings. The van der Waals surface area contributed by atoms with Gasteiger partial charge in [-0.3, -0.25) is 9.78 Å². The summed E-state index contributed by atoms with van der Waals surface area (Å²) in [6.07, 6.45) is 10.5. The van der Waals surface area contributed by atoms with Gasteiger partial charge in [-0.25, -0.2) is 0 Å². The molecule has 0 spiro atoms. The van der Waals surface area contributed by atoms with E-state index in [0.29, 0.717) is 13.1 Å². The molecule has 1 atom stereocenters. The number of fused-ring (bicyclic) bond motifs is 1. The van der Waals surface area contributed by atoms with Gasteiger partial charge in [0.15, 0.2) is 0 Å². The first-order valence-corrected chi connectivity index (χ1v) is 8.48. The highest BCUT2D eigenvalue weighted by atomic mass is 16.5. The molecule has 0 bridgehead atoms. The fourth-order valence-electron chi connectivity index (χ4n) is 3.46. The maximum Gasteiger partial charge on any atom is 0.249 e. The van der Waals surface area contributed by atoms with E-state index in [4.69, 9.17) is 4.74 Å². The number of amides is 1. The van der Waals surface area contributed by atoms with Gasteiger partial charge in [0.2, 0.25) is 5.91 Å². The van der Waals surface area contributed by atoms with Crippen LogP contribution in [0.25, 0.3) is 0 Å². The Balaban J connectivity index is 1.57. The summed E-state index contributed by atoms with van der Waals surface area (Å²) in [5, 5.41) is 0. The Morgan fingerprint density at radius 1 is 1.25 bits per heavy atom. The van der Waals surface area contributed by atoms with E-state index in [0.717, 1.165) is 42.8 Å². The number of aromatic nitrogens is 2. The molecule has 1 amide bonds. The average Bonchev–Trinajstić information content (AvgIpc) is 3.24. The van der Waals surface area contributed by atoms with Crippen LogP contribution in [-0.4, -0.2) is 33.0 Å². The lowest BCUT2D eigenvalue weighted by Gasteiger charge is -2.25. The van der Waals surface area contributed by atoms with E-state index in [1.807, 2.05) is 23.1 Å². The van der Waals surface area contributed by atoms with Crippen molar-refractivity contribution >= 4 is 5.91 Å². The summed E-state index contributed by atoms with van der Waals surface area (Å²) in [7, 11) is 0. The molecule has 124 valence electrons. The highest BCUT2D eigenvalue weighted by Gasteiger charge is 2.28. The van der Waals surface area contributed by atoms with Gasteiger partial charge in [-0.2, -0.15) is 0 Å². The van der Waals surface area contributed by atoms with E-state index in [1.165, 1.54) is 0 Å². The molecule has 0 N–H and O–H groups in total. The van der Waals surface area contributed by atoms with Crippen LogP contribution in [-0.2, 0) is 17.9 Å². The summed E-state index contributed by atoms with van der Waals surface area (Å²) in [4.78, 5) is 18.9. The molecule has 1 unspecified atom stereocenters. The maximum absolute atomic E-state index is 12.9. The van der Waals surface area contributed by atoms with E-state index in [1.54, 1.807) is 12.4 Å². The third kappa shape index (κ3) is 3.07. The van der Waals surface area contributed by atoms with Gasteiger partial charge in [0.05, 0.1) is 25.8 Å². The van der Waals surface area contributed by atoms with Crippen molar-refractivity contribution in [1.82, 2.24) is 14.5 Å². The van der Waals surface area contributed by atoms with Gasteiger partial charge in [0.25, 0.3) is 0 Å². The maximum atomic E-state index is 12.9. The molecule has 0 saturated heterocycles. The van der Waals surface area contributed by atoms with Crippen LogP contribution in [0.5, 0.6) is 5.75 Å². The summed E-state index contributed by atoms with van der Waals surface area (Å²) >= 11 is 0. The number of pyridine rings is 1. The fraction of sp³-hybridized carbons (Fsp3) is 0.368. The zero-order chi connectivity index (χ0) is 16.4. The Kier molecular flexibility index (Phi) is 4.07. The molecule has 0 fully saturated rings. The van der Waals surface area contributed by atoms with E-state index in [2.05, 4.69) is 27.9 Å². The molecular formula is C19H21N3O2. The highest BCUT2D eigenvalue weighted by Crippen LogP contribution is 2.23. The molecule has 0 radical (unpaired) electrons. The minimum Gasteiger partial charge on any atom is -0.485 e. The number of allylic oxidation sites excluding steroid dienone is 1. The molecule has 1 aliphatic heterocycles. The van der Waals surface area contributed by atoms with Gasteiger partial charge in [0.1, 0.15) is 11.9 Å². The van der Waals surface area contributed by atoms with Crippen molar-refractivity contribution in [3.8, 4) is 5.75 Å². The minimum absolute atomic E-state index is 0.0891. The molecular weight excluding hydrogens is 302 g/mol. The Hall–Kier alpha value is -2.56. The first-order valence-electron chi connectivity index (χ1n) is 8.48. The summed E-state index contributed by atoms with van der Waals surface area (Å²) in [6.45, 7) is 1.96. The molecule has 24 heavy (non-hydrogen) atoms. The Bertz CT molecular complexity index is 751. The number of hydrogen-bond donors (Lipinski definition) is 0. The molecule has 0 saturated carbocycles. The number of ether oxygens (including phenoxy) is 1. The molecule has 5 nitrogen and oxygen atoms in total. The van der Waals surface area contributed by atoms with Crippen molar-refractivity contribution in [1.29, 1.82) is 0 Å². The largest absolute Gasteiger partial charge is 0.485 e. The van der Waals surface area contributed by atoms with Crippen LogP contribution in [0.3, 0.4) is 0 Å². The van der Waals surface area contributed by atoms with Crippen LogP contribution >= 0.6 is 0 Å². The van der Waals surface area contributed by atoms with Gasteiger partial charge in [0, 0.05) is 23.7 Å². The highest BCUT2D eigenvalue weighted by molar-refractivity contribution is 5.93. The molecule has 5 heteroatoms. The smallest absolute Gasteiger partial charge is 0.249 e. The molecule has 0 aromatic carbocycles. The van der Waals surface area contributed by atoms with Crippen molar-refractivity contribution in [2.75, 3.05) is 6.54 Å². The summed E-state index contributed by atoms with van der Waals surface area (Å²) in [5.74, 6) is 0.896. The van der Waals surface area contributed by atoms with Gasteiger partial charge < -0.3 is 14.2 Å². The minimum atomic E-state index is -0.0891. The van der Waals surface area contributed by atoms with Crippen molar-refractivity contribution in [2.24, 2.45) is 0 Å². The normalized spacial score (nSPS) is 20.2. The van der Waals surface area contributed by atoms with Gasteiger partial charge in [-0.1, -0.05) is 6.08 Å². The van der Waals surface area contributed by atoms with Crippen molar-refractivity contribution in [3.05, 3.63) is 60.2 Å².